The number of hydrogen-bond donors (Lipinski definition) is 2. The summed E-state index contributed by atoms with van der Waals surface area (Å²) >= 11 is 5.87. The van der Waals surface area contributed by atoms with Crippen LogP contribution in [0, 0.1) is 5.92 Å². The van der Waals surface area contributed by atoms with Gasteiger partial charge in [0, 0.05) is 6.20 Å². The van der Waals surface area contributed by atoms with E-state index in [1.54, 1.807) is 0 Å². The average molecular weight is 330 g/mol. The molecule has 1 saturated carbocycles. The number of carbonyl (C=O) groups is 1. The number of nitrogens with zero attached hydrogens (tertiary/aromatic N) is 1. The van der Waals surface area contributed by atoms with Crippen LogP contribution in [0.5, 0.6) is 0 Å². The molecule has 1 aromatic heterocycles. The summed E-state index contributed by atoms with van der Waals surface area (Å²) in [6.45, 7) is 0. The smallest absolute Gasteiger partial charge is 0.253 e. The summed E-state index contributed by atoms with van der Waals surface area (Å²) < 4.78 is 23.7. The van der Waals surface area contributed by atoms with Crippen LogP contribution in [0.15, 0.2) is 12.3 Å². The molecule has 1 amide bonds. The molecule has 0 spiro atoms. The molecule has 1 aromatic rings. The molecular formula is C13H16ClN3O3S. The summed E-state index contributed by atoms with van der Waals surface area (Å²) in [5.74, 6) is -0.00812. The first kappa shape index (κ1) is 14.6. The Morgan fingerprint density at radius 1 is 1.52 bits per heavy atom. The monoisotopic (exact) mass is 329 g/mol. The Hall–Kier alpha value is -1.34. The average Bonchev–Trinajstić information content (AvgIpc) is 2.84. The molecule has 3 N–H and O–H groups in total. The topological polar surface area (TPSA) is 102 Å². The maximum Gasteiger partial charge on any atom is 0.253 e. The summed E-state index contributed by atoms with van der Waals surface area (Å²) in [7, 11) is -3.08. The van der Waals surface area contributed by atoms with E-state index in [1.807, 2.05) is 0 Å². The van der Waals surface area contributed by atoms with Crippen molar-refractivity contribution in [2.24, 2.45) is 5.92 Å². The molecule has 0 aromatic carbocycles. The van der Waals surface area contributed by atoms with Crippen molar-refractivity contribution in [2.45, 2.75) is 24.8 Å². The minimum Gasteiger partial charge on any atom is -0.382 e. The third kappa shape index (κ3) is 2.60. The van der Waals surface area contributed by atoms with Gasteiger partial charge in [0.2, 0.25) is 0 Å². The van der Waals surface area contributed by atoms with Gasteiger partial charge < -0.3 is 11.1 Å². The zero-order valence-corrected chi connectivity index (χ0v) is 12.9. The van der Waals surface area contributed by atoms with Gasteiger partial charge in [0.15, 0.2) is 9.84 Å². The number of halogens is 1. The molecule has 0 bridgehead atoms. The maximum atomic E-state index is 12.4. The lowest BCUT2D eigenvalue weighted by atomic mass is 9.90. The van der Waals surface area contributed by atoms with Crippen LogP contribution in [0.2, 0.25) is 5.02 Å². The van der Waals surface area contributed by atoms with E-state index < -0.39 is 15.4 Å². The molecule has 2 heterocycles. The van der Waals surface area contributed by atoms with Crippen LogP contribution >= 0.6 is 11.6 Å². The van der Waals surface area contributed by atoms with Gasteiger partial charge in [-0.15, -0.1) is 0 Å². The highest BCUT2D eigenvalue weighted by atomic mass is 35.5. The molecule has 2 unspecified atom stereocenters. The van der Waals surface area contributed by atoms with Crippen molar-refractivity contribution < 1.29 is 13.2 Å². The predicted octanol–water partition coefficient (Wildman–Crippen LogP) is 1.01. The number of anilines is 1. The second-order valence-corrected chi connectivity index (χ2v) is 8.36. The van der Waals surface area contributed by atoms with E-state index in [4.69, 9.17) is 17.3 Å². The Morgan fingerprint density at radius 2 is 2.29 bits per heavy atom. The number of rotatable bonds is 2. The highest BCUT2D eigenvalue weighted by Crippen LogP contribution is 2.43. The number of fused-ring (bicyclic) bond motifs is 1. The van der Waals surface area contributed by atoms with Gasteiger partial charge in [0.1, 0.15) is 5.82 Å². The quantitative estimate of drug-likeness (QED) is 0.843. The van der Waals surface area contributed by atoms with Crippen molar-refractivity contribution in [3.8, 4) is 0 Å². The number of pyridine rings is 1. The number of sulfone groups is 1. The van der Waals surface area contributed by atoms with E-state index in [0.29, 0.717) is 12.0 Å². The Morgan fingerprint density at radius 3 is 3.00 bits per heavy atom. The summed E-state index contributed by atoms with van der Waals surface area (Å²) in [5.41, 5.74) is 5.17. The largest absolute Gasteiger partial charge is 0.382 e. The lowest BCUT2D eigenvalue weighted by molar-refractivity contribution is 0.0895. The van der Waals surface area contributed by atoms with Gasteiger partial charge in [-0.2, -0.15) is 0 Å². The number of nitrogens with one attached hydrogen (secondary N) is 1. The first-order chi connectivity index (χ1) is 9.81. The second kappa shape index (κ2) is 4.84. The van der Waals surface area contributed by atoms with Crippen LogP contribution in [-0.4, -0.2) is 36.4 Å². The zero-order valence-electron chi connectivity index (χ0n) is 11.3. The number of amides is 1. The van der Waals surface area contributed by atoms with Gasteiger partial charge in [0.05, 0.1) is 27.6 Å². The van der Waals surface area contributed by atoms with Crippen molar-refractivity contribution >= 4 is 33.2 Å². The first-order valence-corrected chi connectivity index (χ1v) is 8.95. The number of nitrogen functional groups attached to an aromatic ring is 1. The third-order valence-electron chi connectivity index (χ3n) is 4.38. The van der Waals surface area contributed by atoms with Gasteiger partial charge in [-0.3, -0.25) is 4.79 Å². The maximum absolute atomic E-state index is 12.4. The van der Waals surface area contributed by atoms with Crippen molar-refractivity contribution in [1.82, 2.24) is 10.3 Å². The van der Waals surface area contributed by atoms with Gasteiger partial charge >= 0.3 is 0 Å². The molecule has 0 radical (unpaired) electrons. The Balaban J connectivity index is 1.85. The molecule has 6 nitrogen and oxygen atoms in total. The summed E-state index contributed by atoms with van der Waals surface area (Å²) in [4.78, 5) is 16.2. The van der Waals surface area contributed by atoms with Gasteiger partial charge in [0.25, 0.3) is 5.91 Å². The highest BCUT2D eigenvalue weighted by molar-refractivity contribution is 7.91. The first-order valence-electron chi connectivity index (χ1n) is 6.75. The minimum absolute atomic E-state index is 0.00339. The molecule has 2 aliphatic rings. The van der Waals surface area contributed by atoms with Crippen LogP contribution in [0.3, 0.4) is 0 Å². The van der Waals surface area contributed by atoms with Gasteiger partial charge in [-0.05, 0) is 24.8 Å². The SMILES string of the molecule is Nc1ncc(C(=O)NC23CCCC2CS(=O)(=O)C3)cc1Cl. The summed E-state index contributed by atoms with van der Waals surface area (Å²) in [5, 5.41) is 3.13. The highest BCUT2D eigenvalue weighted by Gasteiger charge is 2.53. The molecular weight excluding hydrogens is 314 g/mol. The number of hydrogen-bond acceptors (Lipinski definition) is 5. The Kier molecular flexibility index (Phi) is 3.37. The Bertz CT molecular complexity index is 707. The van der Waals surface area contributed by atoms with E-state index in [1.165, 1.54) is 12.3 Å². The van der Waals surface area contributed by atoms with Crippen LogP contribution in [0.25, 0.3) is 0 Å². The molecule has 21 heavy (non-hydrogen) atoms. The minimum atomic E-state index is -3.08. The second-order valence-electron chi connectivity index (χ2n) is 5.85. The Labute approximate surface area is 128 Å². The molecule has 8 heteroatoms. The fourth-order valence-electron chi connectivity index (χ4n) is 3.41. The molecule has 2 fully saturated rings. The van der Waals surface area contributed by atoms with Gasteiger partial charge in [-0.25, -0.2) is 13.4 Å². The molecule has 1 aliphatic carbocycles. The van der Waals surface area contributed by atoms with Crippen LogP contribution in [0.1, 0.15) is 29.6 Å². The fourth-order valence-corrected chi connectivity index (χ4v) is 6.03. The molecule has 114 valence electrons. The normalized spacial score (nSPS) is 30.0. The fraction of sp³-hybridized carbons (Fsp3) is 0.538. The van der Waals surface area contributed by atoms with E-state index in [2.05, 4.69) is 10.3 Å². The van der Waals surface area contributed by atoms with Crippen LogP contribution < -0.4 is 11.1 Å². The third-order valence-corrected chi connectivity index (χ3v) is 6.55. The number of aromatic nitrogens is 1. The number of carbonyl (C=O) groups excluding carboxylic acids is 1. The van der Waals surface area contributed by atoms with E-state index >= 15 is 0 Å². The van der Waals surface area contributed by atoms with Gasteiger partial charge in [-0.1, -0.05) is 18.0 Å². The molecule has 1 saturated heterocycles. The molecule has 2 atom stereocenters. The lowest BCUT2D eigenvalue weighted by Gasteiger charge is -2.29. The van der Waals surface area contributed by atoms with E-state index in [-0.39, 0.29) is 34.2 Å². The van der Waals surface area contributed by atoms with Crippen molar-refractivity contribution in [2.75, 3.05) is 17.2 Å². The van der Waals surface area contributed by atoms with E-state index in [0.717, 1.165) is 12.8 Å². The zero-order chi connectivity index (χ0) is 15.3. The number of nitrogens with two attached hydrogens (primary N) is 1. The standard InChI is InChI=1S/C13H16ClN3O3S/c14-10-4-8(5-16-11(10)15)12(18)17-13-3-1-2-9(13)6-21(19,20)7-13/h4-5,9H,1-3,6-7H2,(H2,15,16)(H,17,18). The summed E-state index contributed by atoms with van der Waals surface area (Å²) in [6, 6.07) is 1.45. The molecule has 1 aliphatic heterocycles. The predicted molar refractivity (Wildman–Crippen MR) is 79.9 cm³/mol. The summed E-state index contributed by atoms with van der Waals surface area (Å²) in [6.07, 6.45) is 3.81. The van der Waals surface area contributed by atoms with Crippen molar-refractivity contribution in [3.05, 3.63) is 22.8 Å². The lowest BCUT2D eigenvalue weighted by Crippen LogP contribution is -2.51. The van der Waals surface area contributed by atoms with Crippen molar-refractivity contribution in [1.29, 1.82) is 0 Å². The van der Waals surface area contributed by atoms with E-state index in [9.17, 15) is 13.2 Å². The van der Waals surface area contributed by atoms with Crippen molar-refractivity contribution in [3.63, 3.8) is 0 Å². The van der Waals surface area contributed by atoms with Crippen LogP contribution in [-0.2, 0) is 9.84 Å². The molecule has 3 rings (SSSR count). The van der Waals surface area contributed by atoms with Crippen LogP contribution in [0.4, 0.5) is 5.82 Å².